The van der Waals surface area contributed by atoms with E-state index in [0.29, 0.717) is 31.7 Å². The third kappa shape index (κ3) is 5.65. The fourth-order valence-electron chi connectivity index (χ4n) is 3.93. The van der Waals surface area contributed by atoms with Gasteiger partial charge in [0.25, 0.3) is 5.91 Å². The van der Waals surface area contributed by atoms with Crippen molar-refractivity contribution in [2.24, 2.45) is 0 Å². The lowest BCUT2D eigenvalue weighted by atomic mass is 10.1. The van der Waals surface area contributed by atoms with Crippen molar-refractivity contribution in [3.05, 3.63) is 95.8 Å². The number of pyridine rings is 1. The highest BCUT2D eigenvalue weighted by Crippen LogP contribution is 2.20. The van der Waals surface area contributed by atoms with Gasteiger partial charge in [0, 0.05) is 50.7 Å². The van der Waals surface area contributed by atoms with E-state index in [4.69, 9.17) is 0 Å². The summed E-state index contributed by atoms with van der Waals surface area (Å²) in [6, 6.07) is 19.9. The largest absolute Gasteiger partial charge is 0.346 e. The Kier molecular flexibility index (Phi) is 7.17. The Bertz CT molecular complexity index is 1180. The number of benzene rings is 2. The molecule has 0 spiro atoms. The van der Waals surface area contributed by atoms with E-state index in [1.807, 2.05) is 37.3 Å². The molecule has 1 N–H and O–H groups in total. The molecule has 2 aromatic carbocycles. The predicted octanol–water partition coefficient (Wildman–Crippen LogP) is 3.08. The van der Waals surface area contributed by atoms with E-state index >= 15 is 0 Å². The van der Waals surface area contributed by atoms with Gasteiger partial charge in [0.2, 0.25) is 10.0 Å². The standard InChI is InChI=1S/C25H28N4O3S/c1-20(22-10-12-26-13-11-22)27-25(30)23-8-5-9-24(18-23)33(31,32)29-16-14-28(15-17-29)19-21-6-3-2-4-7-21/h2-13,18,20H,14-17,19H2,1H3,(H,27,30). The second-order valence-electron chi connectivity index (χ2n) is 8.17. The van der Waals surface area contributed by atoms with Crippen LogP contribution in [0.15, 0.2) is 84.0 Å². The Morgan fingerprint density at radius 2 is 1.67 bits per heavy atom. The Balaban J connectivity index is 1.40. The van der Waals surface area contributed by atoms with Gasteiger partial charge in [-0.25, -0.2) is 8.42 Å². The van der Waals surface area contributed by atoms with Crippen LogP contribution in [-0.4, -0.2) is 54.7 Å². The highest BCUT2D eigenvalue weighted by atomic mass is 32.2. The second-order valence-corrected chi connectivity index (χ2v) is 10.1. The minimum absolute atomic E-state index is 0.142. The summed E-state index contributed by atoms with van der Waals surface area (Å²) >= 11 is 0. The van der Waals surface area contributed by atoms with Gasteiger partial charge in [0.05, 0.1) is 10.9 Å². The lowest BCUT2D eigenvalue weighted by Gasteiger charge is -2.34. The molecule has 0 radical (unpaired) electrons. The summed E-state index contributed by atoms with van der Waals surface area (Å²) in [6.45, 7) is 4.85. The van der Waals surface area contributed by atoms with Gasteiger partial charge in [-0.1, -0.05) is 36.4 Å². The molecule has 172 valence electrons. The second kappa shape index (κ2) is 10.2. The van der Waals surface area contributed by atoms with E-state index in [0.717, 1.165) is 12.1 Å². The molecule has 1 saturated heterocycles. The van der Waals surface area contributed by atoms with Gasteiger partial charge in [-0.05, 0) is 48.4 Å². The van der Waals surface area contributed by atoms with Crippen LogP contribution in [0, 0.1) is 0 Å². The zero-order chi connectivity index (χ0) is 23.3. The number of sulfonamides is 1. The fourth-order valence-corrected chi connectivity index (χ4v) is 5.40. The molecule has 1 aliphatic heterocycles. The van der Waals surface area contributed by atoms with Gasteiger partial charge in [-0.3, -0.25) is 14.7 Å². The molecular weight excluding hydrogens is 436 g/mol. The van der Waals surface area contributed by atoms with E-state index in [1.165, 1.54) is 15.9 Å². The SMILES string of the molecule is CC(NC(=O)c1cccc(S(=O)(=O)N2CCN(Cc3ccccc3)CC2)c1)c1ccncc1. The predicted molar refractivity (Wildman–Crippen MR) is 127 cm³/mol. The smallest absolute Gasteiger partial charge is 0.251 e. The molecule has 8 heteroatoms. The van der Waals surface area contributed by atoms with Crippen molar-refractivity contribution in [3.63, 3.8) is 0 Å². The van der Waals surface area contributed by atoms with E-state index < -0.39 is 10.0 Å². The van der Waals surface area contributed by atoms with Crippen LogP contribution in [0.5, 0.6) is 0 Å². The van der Waals surface area contributed by atoms with Crippen molar-refractivity contribution < 1.29 is 13.2 Å². The van der Waals surface area contributed by atoms with Gasteiger partial charge in [0.15, 0.2) is 0 Å². The monoisotopic (exact) mass is 464 g/mol. The van der Waals surface area contributed by atoms with Gasteiger partial charge in [-0.15, -0.1) is 0 Å². The molecule has 0 saturated carbocycles. The van der Waals surface area contributed by atoms with Crippen LogP contribution in [0.1, 0.15) is 34.5 Å². The van der Waals surface area contributed by atoms with Crippen molar-refractivity contribution >= 4 is 15.9 Å². The number of nitrogens with zero attached hydrogens (tertiary/aromatic N) is 3. The number of hydrogen-bond donors (Lipinski definition) is 1. The normalized spacial score (nSPS) is 16.3. The molecule has 33 heavy (non-hydrogen) atoms. The number of carbonyl (C=O) groups excluding carboxylic acids is 1. The lowest BCUT2D eigenvalue weighted by Crippen LogP contribution is -2.48. The summed E-state index contributed by atoms with van der Waals surface area (Å²) < 4.78 is 28.0. The summed E-state index contributed by atoms with van der Waals surface area (Å²) in [5, 5.41) is 2.92. The van der Waals surface area contributed by atoms with Gasteiger partial charge < -0.3 is 5.32 Å². The van der Waals surface area contributed by atoms with Crippen molar-refractivity contribution in [1.29, 1.82) is 0 Å². The molecule has 3 aromatic rings. The van der Waals surface area contributed by atoms with E-state index in [-0.39, 0.29) is 16.8 Å². The Labute approximate surface area is 195 Å². The minimum Gasteiger partial charge on any atom is -0.346 e. The average molecular weight is 465 g/mol. The van der Waals surface area contributed by atoms with Crippen LogP contribution in [0.3, 0.4) is 0 Å². The molecule has 1 aliphatic rings. The minimum atomic E-state index is -3.68. The number of nitrogens with one attached hydrogen (secondary N) is 1. The Morgan fingerprint density at radius 3 is 2.36 bits per heavy atom. The molecule has 1 atom stereocenters. The Morgan fingerprint density at radius 1 is 0.970 bits per heavy atom. The molecule has 1 unspecified atom stereocenters. The van der Waals surface area contributed by atoms with Gasteiger partial charge >= 0.3 is 0 Å². The summed E-state index contributed by atoms with van der Waals surface area (Å²) in [7, 11) is -3.68. The van der Waals surface area contributed by atoms with Crippen LogP contribution in [0.4, 0.5) is 0 Å². The number of aromatic nitrogens is 1. The van der Waals surface area contributed by atoms with Crippen molar-refractivity contribution in [3.8, 4) is 0 Å². The molecule has 0 bridgehead atoms. The third-order valence-electron chi connectivity index (χ3n) is 5.87. The highest BCUT2D eigenvalue weighted by Gasteiger charge is 2.29. The first-order valence-corrected chi connectivity index (χ1v) is 12.4. The first-order chi connectivity index (χ1) is 15.9. The van der Waals surface area contributed by atoms with Crippen LogP contribution in [-0.2, 0) is 16.6 Å². The zero-order valence-corrected chi connectivity index (χ0v) is 19.4. The number of piperazine rings is 1. The summed E-state index contributed by atoms with van der Waals surface area (Å²) in [4.78, 5) is 19.1. The lowest BCUT2D eigenvalue weighted by molar-refractivity contribution is 0.0939. The Hall–Kier alpha value is -3.07. The zero-order valence-electron chi connectivity index (χ0n) is 18.6. The van der Waals surface area contributed by atoms with E-state index in [1.54, 1.807) is 30.6 Å². The molecule has 1 fully saturated rings. The van der Waals surface area contributed by atoms with Crippen molar-refractivity contribution in [2.75, 3.05) is 26.2 Å². The fraction of sp³-hybridized carbons (Fsp3) is 0.280. The average Bonchev–Trinajstić information content (AvgIpc) is 2.85. The first-order valence-electron chi connectivity index (χ1n) is 11.0. The quantitative estimate of drug-likeness (QED) is 0.581. The maximum atomic E-state index is 13.2. The summed E-state index contributed by atoms with van der Waals surface area (Å²) in [5.74, 6) is -0.316. The van der Waals surface area contributed by atoms with Gasteiger partial charge in [0.1, 0.15) is 0 Å². The number of hydrogen-bond acceptors (Lipinski definition) is 5. The van der Waals surface area contributed by atoms with Crippen LogP contribution < -0.4 is 5.32 Å². The van der Waals surface area contributed by atoms with E-state index in [9.17, 15) is 13.2 Å². The molecular formula is C25H28N4O3S. The van der Waals surface area contributed by atoms with Crippen LogP contribution in [0.25, 0.3) is 0 Å². The maximum absolute atomic E-state index is 13.2. The van der Waals surface area contributed by atoms with Crippen LogP contribution >= 0.6 is 0 Å². The number of amides is 1. The molecule has 1 aromatic heterocycles. The first kappa shape index (κ1) is 23.1. The number of rotatable bonds is 7. The van der Waals surface area contributed by atoms with Crippen molar-refractivity contribution in [2.45, 2.75) is 24.4 Å². The third-order valence-corrected chi connectivity index (χ3v) is 7.76. The highest BCUT2D eigenvalue weighted by molar-refractivity contribution is 7.89. The maximum Gasteiger partial charge on any atom is 0.251 e. The topological polar surface area (TPSA) is 82.6 Å². The van der Waals surface area contributed by atoms with E-state index in [2.05, 4.69) is 27.3 Å². The molecule has 2 heterocycles. The number of carbonyl (C=O) groups is 1. The summed E-state index contributed by atoms with van der Waals surface area (Å²) in [5.41, 5.74) is 2.46. The molecule has 0 aliphatic carbocycles. The summed E-state index contributed by atoms with van der Waals surface area (Å²) in [6.07, 6.45) is 3.34. The van der Waals surface area contributed by atoms with Crippen molar-refractivity contribution in [1.82, 2.24) is 19.5 Å². The molecule has 7 nitrogen and oxygen atoms in total. The molecule has 1 amide bonds. The van der Waals surface area contributed by atoms with Crippen LogP contribution in [0.2, 0.25) is 0 Å². The molecule has 4 rings (SSSR count). The van der Waals surface area contributed by atoms with Gasteiger partial charge in [-0.2, -0.15) is 4.31 Å².